The van der Waals surface area contributed by atoms with Crippen LogP contribution in [-0.4, -0.2) is 43.6 Å². The van der Waals surface area contributed by atoms with E-state index in [0.717, 1.165) is 17.3 Å². The van der Waals surface area contributed by atoms with Gasteiger partial charge in [-0.15, -0.1) is 0 Å². The lowest BCUT2D eigenvalue weighted by Crippen LogP contribution is -2.51. The molecule has 0 spiro atoms. The van der Waals surface area contributed by atoms with Gasteiger partial charge in [0, 0.05) is 24.9 Å². The number of carboxylic acid groups (broad SMARTS) is 1. The van der Waals surface area contributed by atoms with Gasteiger partial charge < -0.3 is 10.4 Å². The number of halogens is 5. The SMILES string of the molecule is CC1(C(=O)O)CCC(n2ncc(C(=O)NC(CC(=O)c3c(Cl)cncc3Cl)C3(C)CCC3)c2C(F)(F)F)CC1. The molecule has 2 saturated carbocycles. The second kappa shape index (κ2) is 10.7. The number of alkyl halides is 3. The molecular formula is C26H29Cl2F3N4O4. The Balaban J connectivity index is 1.60. The van der Waals surface area contributed by atoms with E-state index in [2.05, 4.69) is 15.4 Å². The minimum Gasteiger partial charge on any atom is -0.481 e. The van der Waals surface area contributed by atoms with Crippen molar-refractivity contribution >= 4 is 40.9 Å². The van der Waals surface area contributed by atoms with Crippen LogP contribution >= 0.6 is 23.2 Å². The van der Waals surface area contributed by atoms with Crippen LogP contribution in [0.3, 0.4) is 0 Å². The van der Waals surface area contributed by atoms with Crippen LogP contribution in [-0.2, 0) is 11.0 Å². The number of pyridine rings is 1. The largest absolute Gasteiger partial charge is 0.481 e. The number of nitrogens with one attached hydrogen (secondary N) is 1. The minimum atomic E-state index is -4.89. The van der Waals surface area contributed by atoms with E-state index in [1.54, 1.807) is 6.92 Å². The third-order valence-electron chi connectivity index (χ3n) is 8.39. The van der Waals surface area contributed by atoms with Crippen molar-refractivity contribution in [3.63, 3.8) is 0 Å². The van der Waals surface area contributed by atoms with Crippen LogP contribution in [0.2, 0.25) is 10.0 Å². The molecule has 0 bridgehead atoms. The molecule has 8 nitrogen and oxygen atoms in total. The van der Waals surface area contributed by atoms with Gasteiger partial charge in [0.2, 0.25) is 0 Å². The molecule has 2 aromatic heterocycles. The summed E-state index contributed by atoms with van der Waals surface area (Å²) in [5, 5.41) is 16.2. The van der Waals surface area contributed by atoms with E-state index in [1.165, 1.54) is 12.4 Å². The van der Waals surface area contributed by atoms with Crippen molar-refractivity contribution in [2.24, 2.45) is 10.8 Å². The molecule has 1 amide bonds. The summed E-state index contributed by atoms with van der Waals surface area (Å²) in [6.07, 6.45) is 1.28. The number of hydrogen-bond donors (Lipinski definition) is 2. The summed E-state index contributed by atoms with van der Waals surface area (Å²) < 4.78 is 43.7. The molecule has 1 atom stereocenters. The highest BCUT2D eigenvalue weighted by atomic mass is 35.5. The van der Waals surface area contributed by atoms with Gasteiger partial charge in [-0.3, -0.25) is 24.0 Å². The Labute approximate surface area is 233 Å². The molecule has 212 valence electrons. The summed E-state index contributed by atoms with van der Waals surface area (Å²) in [6.45, 7) is 3.45. The van der Waals surface area contributed by atoms with E-state index in [-0.39, 0.29) is 47.7 Å². The summed E-state index contributed by atoms with van der Waals surface area (Å²) in [4.78, 5) is 41.9. The number of Topliss-reactive ketones (excluding diaryl/α,β-unsaturated/α-hetero) is 1. The maximum absolute atomic E-state index is 14.3. The quantitative estimate of drug-likeness (QED) is 0.346. The van der Waals surface area contributed by atoms with Crippen molar-refractivity contribution in [2.75, 3.05) is 0 Å². The second-order valence-electron chi connectivity index (χ2n) is 11.1. The fourth-order valence-corrected chi connectivity index (χ4v) is 6.12. The van der Waals surface area contributed by atoms with E-state index in [0.29, 0.717) is 12.8 Å². The monoisotopic (exact) mass is 588 g/mol. The minimum absolute atomic E-state index is 0.0449. The van der Waals surface area contributed by atoms with Gasteiger partial charge in [0.1, 0.15) is 0 Å². The first-order valence-corrected chi connectivity index (χ1v) is 13.4. The van der Waals surface area contributed by atoms with Crippen LogP contribution in [0.1, 0.15) is 97.7 Å². The smallest absolute Gasteiger partial charge is 0.433 e. The molecule has 2 fully saturated rings. The molecule has 0 saturated heterocycles. The Morgan fingerprint density at radius 1 is 1.10 bits per heavy atom. The van der Waals surface area contributed by atoms with Gasteiger partial charge >= 0.3 is 12.1 Å². The molecule has 2 aliphatic carbocycles. The lowest BCUT2D eigenvalue weighted by atomic mass is 9.64. The van der Waals surface area contributed by atoms with Crippen molar-refractivity contribution in [1.29, 1.82) is 0 Å². The van der Waals surface area contributed by atoms with Crippen molar-refractivity contribution in [2.45, 2.75) is 83.5 Å². The van der Waals surface area contributed by atoms with Gasteiger partial charge in [0.25, 0.3) is 5.91 Å². The summed E-state index contributed by atoms with van der Waals surface area (Å²) in [5.41, 5.74) is -3.30. The second-order valence-corrected chi connectivity index (χ2v) is 11.9. The number of carboxylic acids is 1. The molecule has 0 aromatic carbocycles. The number of carbonyl (C=O) groups is 3. The third kappa shape index (κ3) is 5.79. The fraction of sp³-hybridized carbons (Fsp3) is 0.577. The summed E-state index contributed by atoms with van der Waals surface area (Å²) >= 11 is 12.3. The highest BCUT2D eigenvalue weighted by Gasteiger charge is 2.46. The Kier molecular flexibility index (Phi) is 8.06. The van der Waals surface area contributed by atoms with E-state index < -0.39 is 58.0 Å². The molecule has 2 N–H and O–H groups in total. The molecule has 0 aliphatic heterocycles. The average Bonchev–Trinajstić information content (AvgIpc) is 3.28. The molecule has 13 heteroatoms. The molecule has 4 rings (SSSR count). The highest BCUT2D eigenvalue weighted by Crippen LogP contribution is 2.46. The highest BCUT2D eigenvalue weighted by molar-refractivity contribution is 6.39. The number of carbonyl (C=O) groups excluding carboxylic acids is 2. The third-order valence-corrected chi connectivity index (χ3v) is 8.97. The number of aliphatic carboxylic acids is 1. The number of aromatic nitrogens is 3. The molecule has 39 heavy (non-hydrogen) atoms. The zero-order valence-electron chi connectivity index (χ0n) is 21.4. The van der Waals surface area contributed by atoms with E-state index >= 15 is 0 Å². The van der Waals surface area contributed by atoms with Crippen LogP contribution in [0, 0.1) is 10.8 Å². The molecule has 2 aromatic rings. The maximum Gasteiger partial charge on any atom is 0.433 e. The van der Waals surface area contributed by atoms with Crippen molar-refractivity contribution in [3.8, 4) is 0 Å². The van der Waals surface area contributed by atoms with Crippen molar-refractivity contribution < 1.29 is 32.7 Å². The molecule has 1 unspecified atom stereocenters. The summed E-state index contributed by atoms with van der Waals surface area (Å²) in [6, 6.07) is -1.48. The van der Waals surface area contributed by atoms with Crippen LogP contribution < -0.4 is 5.32 Å². The van der Waals surface area contributed by atoms with Crippen LogP contribution in [0.15, 0.2) is 18.6 Å². The first kappa shape index (κ1) is 29.3. The van der Waals surface area contributed by atoms with Gasteiger partial charge in [-0.05, 0) is 50.9 Å². The normalized spacial score (nSPS) is 23.5. The van der Waals surface area contributed by atoms with Gasteiger partial charge in [0.05, 0.1) is 38.8 Å². The molecule has 0 radical (unpaired) electrons. The van der Waals surface area contributed by atoms with E-state index in [4.69, 9.17) is 23.2 Å². The summed E-state index contributed by atoms with van der Waals surface area (Å²) in [5.74, 6) is -2.43. The predicted octanol–water partition coefficient (Wildman–Crippen LogP) is 6.37. The van der Waals surface area contributed by atoms with Gasteiger partial charge in [-0.2, -0.15) is 18.3 Å². The predicted molar refractivity (Wildman–Crippen MR) is 137 cm³/mol. The zero-order chi connectivity index (χ0) is 28.8. The number of amides is 1. The Bertz CT molecular complexity index is 1260. The average molecular weight is 589 g/mol. The first-order chi connectivity index (χ1) is 18.2. The van der Waals surface area contributed by atoms with Crippen LogP contribution in [0.5, 0.6) is 0 Å². The number of rotatable bonds is 8. The standard InChI is InChI=1S/C26H29Cl2F3N4O4/c1-24(6-3-7-24)19(10-18(36)20-16(27)12-32-13-17(20)28)34-22(37)15-11-33-35(21(15)26(29,30)31)14-4-8-25(2,9-5-14)23(38)39/h11-14,19H,3-10H2,1-2H3,(H,34,37)(H,38,39). The van der Waals surface area contributed by atoms with Gasteiger partial charge in [-0.25, -0.2) is 0 Å². The Morgan fingerprint density at radius 2 is 1.69 bits per heavy atom. The lowest BCUT2D eigenvalue weighted by molar-refractivity contribution is -0.152. The van der Waals surface area contributed by atoms with Gasteiger partial charge in [-0.1, -0.05) is 36.5 Å². The van der Waals surface area contributed by atoms with E-state index in [1.807, 2.05) is 6.92 Å². The molecule has 2 aliphatic rings. The number of nitrogens with zero attached hydrogens (tertiary/aromatic N) is 3. The number of ketones is 1. The zero-order valence-corrected chi connectivity index (χ0v) is 23.0. The Morgan fingerprint density at radius 3 is 2.18 bits per heavy atom. The fourth-order valence-electron chi connectivity index (χ4n) is 5.54. The van der Waals surface area contributed by atoms with Crippen molar-refractivity contribution in [3.05, 3.63) is 45.5 Å². The van der Waals surface area contributed by atoms with Crippen LogP contribution in [0.4, 0.5) is 13.2 Å². The van der Waals surface area contributed by atoms with Crippen LogP contribution in [0.25, 0.3) is 0 Å². The number of hydrogen-bond acceptors (Lipinski definition) is 5. The maximum atomic E-state index is 14.3. The molecule has 2 heterocycles. The van der Waals surface area contributed by atoms with E-state index in [9.17, 15) is 32.7 Å². The Hall–Kier alpha value is -2.66. The first-order valence-electron chi connectivity index (χ1n) is 12.7. The molecular weight excluding hydrogens is 560 g/mol. The lowest BCUT2D eigenvalue weighted by Gasteiger charge is -2.45. The van der Waals surface area contributed by atoms with Gasteiger partial charge in [0.15, 0.2) is 11.5 Å². The summed E-state index contributed by atoms with van der Waals surface area (Å²) in [7, 11) is 0. The van der Waals surface area contributed by atoms with Crippen molar-refractivity contribution in [1.82, 2.24) is 20.1 Å². The topological polar surface area (TPSA) is 114 Å².